The van der Waals surface area contributed by atoms with E-state index in [2.05, 4.69) is 35.3 Å². The molecule has 2 nitrogen and oxygen atoms in total. The van der Waals surface area contributed by atoms with E-state index in [1.54, 1.807) is 0 Å². The molecule has 20 heavy (non-hydrogen) atoms. The number of pyridine rings is 1. The lowest BCUT2D eigenvalue weighted by atomic mass is 9.84. The van der Waals surface area contributed by atoms with Crippen molar-refractivity contribution in [1.82, 2.24) is 4.98 Å². The fraction of sp³-hybridized carbons (Fsp3) is 0.389. The average Bonchev–Trinajstić information content (AvgIpc) is 2.51. The smallest absolute Gasteiger partial charge is 0.126 e. The normalized spacial score (nSPS) is 16.2. The minimum atomic E-state index is 0.618. The van der Waals surface area contributed by atoms with Crippen molar-refractivity contribution >= 4 is 5.82 Å². The third-order valence-electron chi connectivity index (χ3n) is 4.44. The molecule has 1 fully saturated rings. The monoisotopic (exact) mass is 266 g/mol. The van der Waals surface area contributed by atoms with Crippen LogP contribution in [0.2, 0.25) is 0 Å². The molecule has 0 unspecified atom stereocenters. The number of hydrogen-bond donors (Lipinski definition) is 1. The summed E-state index contributed by atoms with van der Waals surface area (Å²) in [6, 6.07) is 11.1. The molecule has 104 valence electrons. The van der Waals surface area contributed by atoms with Crippen molar-refractivity contribution in [2.24, 2.45) is 0 Å². The van der Waals surface area contributed by atoms with Gasteiger partial charge in [-0.25, -0.2) is 4.98 Å². The number of aromatic nitrogens is 1. The zero-order valence-corrected chi connectivity index (χ0v) is 12.1. The number of anilines is 1. The first kappa shape index (κ1) is 13.2. The molecule has 1 aromatic heterocycles. The average molecular weight is 266 g/mol. The molecule has 1 aromatic carbocycles. The molecule has 2 N–H and O–H groups in total. The number of nitrogen functional groups attached to an aromatic ring is 1. The molecule has 2 aromatic rings. The molecule has 1 heterocycles. The van der Waals surface area contributed by atoms with Crippen LogP contribution in [0.15, 0.2) is 36.5 Å². The molecule has 0 saturated heterocycles. The fourth-order valence-electron chi connectivity index (χ4n) is 3.13. The number of benzene rings is 1. The molecule has 0 bridgehead atoms. The molecule has 0 spiro atoms. The number of hydrogen-bond acceptors (Lipinski definition) is 2. The third-order valence-corrected chi connectivity index (χ3v) is 4.44. The van der Waals surface area contributed by atoms with E-state index in [0.29, 0.717) is 5.82 Å². The summed E-state index contributed by atoms with van der Waals surface area (Å²) < 4.78 is 0. The van der Waals surface area contributed by atoms with Crippen LogP contribution >= 0.6 is 0 Å². The van der Waals surface area contributed by atoms with Crippen LogP contribution in [0.3, 0.4) is 0 Å². The second kappa shape index (κ2) is 5.66. The second-order valence-electron chi connectivity index (χ2n) is 5.88. The number of rotatable bonds is 2. The molecule has 1 saturated carbocycles. The van der Waals surface area contributed by atoms with Gasteiger partial charge in [-0.1, -0.05) is 43.5 Å². The van der Waals surface area contributed by atoms with Crippen molar-refractivity contribution in [3.63, 3.8) is 0 Å². The minimum absolute atomic E-state index is 0.618. The van der Waals surface area contributed by atoms with Gasteiger partial charge in [0.15, 0.2) is 0 Å². The number of nitrogens with two attached hydrogens (primary N) is 1. The molecular formula is C18H22N2. The predicted octanol–water partition coefficient (Wildman–Crippen LogP) is 4.69. The Labute approximate surface area is 121 Å². The molecule has 1 aliphatic carbocycles. The van der Waals surface area contributed by atoms with E-state index in [4.69, 9.17) is 5.73 Å². The van der Waals surface area contributed by atoms with Gasteiger partial charge >= 0.3 is 0 Å². The zero-order chi connectivity index (χ0) is 13.9. The Kier molecular flexibility index (Phi) is 3.72. The van der Waals surface area contributed by atoms with Crippen molar-refractivity contribution < 1.29 is 0 Å². The van der Waals surface area contributed by atoms with Gasteiger partial charge < -0.3 is 5.73 Å². The van der Waals surface area contributed by atoms with Crippen LogP contribution in [0.4, 0.5) is 5.82 Å². The van der Waals surface area contributed by atoms with Gasteiger partial charge in [-0.2, -0.15) is 0 Å². The molecule has 2 heteroatoms. The third kappa shape index (κ3) is 2.69. The van der Waals surface area contributed by atoms with Crippen molar-refractivity contribution in [2.75, 3.05) is 5.73 Å². The van der Waals surface area contributed by atoms with Gasteiger partial charge in [-0.15, -0.1) is 0 Å². The molecule has 0 atom stereocenters. The quantitative estimate of drug-likeness (QED) is 0.856. The summed E-state index contributed by atoms with van der Waals surface area (Å²) >= 11 is 0. The van der Waals surface area contributed by atoms with E-state index in [0.717, 1.165) is 17.0 Å². The first-order valence-corrected chi connectivity index (χ1v) is 7.56. The van der Waals surface area contributed by atoms with Gasteiger partial charge in [-0.05, 0) is 48.4 Å². The first-order valence-electron chi connectivity index (χ1n) is 7.56. The van der Waals surface area contributed by atoms with E-state index < -0.39 is 0 Å². The van der Waals surface area contributed by atoms with Crippen LogP contribution in [-0.4, -0.2) is 4.98 Å². The highest BCUT2D eigenvalue weighted by Crippen LogP contribution is 2.33. The Morgan fingerprint density at radius 3 is 2.35 bits per heavy atom. The van der Waals surface area contributed by atoms with E-state index in [-0.39, 0.29) is 0 Å². The molecule has 0 amide bonds. The van der Waals surface area contributed by atoms with Crippen molar-refractivity contribution in [3.8, 4) is 11.1 Å². The molecule has 3 rings (SSSR count). The Morgan fingerprint density at radius 1 is 1.00 bits per heavy atom. The highest BCUT2D eigenvalue weighted by molar-refractivity contribution is 5.65. The van der Waals surface area contributed by atoms with Gasteiger partial charge in [-0.3, -0.25) is 0 Å². The topological polar surface area (TPSA) is 38.9 Å². The molecule has 0 radical (unpaired) electrons. The number of aryl methyl sites for hydroxylation is 1. The summed E-state index contributed by atoms with van der Waals surface area (Å²) in [4.78, 5) is 4.25. The lowest BCUT2D eigenvalue weighted by Gasteiger charge is -2.22. The summed E-state index contributed by atoms with van der Waals surface area (Å²) in [6.45, 7) is 2.00. The predicted molar refractivity (Wildman–Crippen MR) is 84.6 cm³/mol. The van der Waals surface area contributed by atoms with Crippen molar-refractivity contribution in [2.45, 2.75) is 44.9 Å². The van der Waals surface area contributed by atoms with Gasteiger partial charge in [0.1, 0.15) is 5.82 Å². The van der Waals surface area contributed by atoms with E-state index in [1.807, 2.05) is 13.1 Å². The SMILES string of the molecule is Cc1cc(-c2ccc(C3CCCCC3)cc2)cnc1N. The fourth-order valence-corrected chi connectivity index (χ4v) is 3.13. The summed E-state index contributed by atoms with van der Waals surface area (Å²) in [5.41, 5.74) is 10.7. The van der Waals surface area contributed by atoms with E-state index in [1.165, 1.54) is 43.2 Å². The Balaban J connectivity index is 1.83. The summed E-state index contributed by atoms with van der Waals surface area (Å²) in [5, 5.41) is 0. The summed E-state index contributed by atoms with van der Waals surface area (Å²) in [6.07, 6.45) is 8.73. The van der Waals surface area contributed by atoms with Crippen LogP contribution in [0.5, 0.6) is 0 Å². The largest absolute Gasteiger partial charge is 0.383 e. The van der Waals surface area contributed by atoms with E-state index in [9.17, 15) is 0 Å². The number of nitrogens with zero attached hydrogens (tertiary/aromatic N) is 1. The summed E-state index contributed by atoms with van der Waals surface area (Å²) in [5.74, 6) is 1.39. The maximum atomic E-state index is 5.78. The molecule has 0 aliphatic heterocycles. The maximum absolute atomic E-state index is 5.78. The first-order chi connectivity index (χ1) is 9.74. The van der Waals surface area contributed by atoms with Gasteiger partial charge in [0.2, 0.25) is 0 Å². The highest BCUT2D eigenvalue weighted by atomic mass is 14.8. The Morgan fingerprint density at radius 2 is 1.70 bits per heavy atom. The van der Waals surface area contributed by atoms with Crippen LogP contribution in [0.1, 0.15) is 49.1 Å². The van der Waals surface area contributed by atoms with Gasteiger partial charge in [0.05, 0.1) is 0 Å². The Hall–Kier alpha value is -1.83. The van der Waals surface area contributed by atoms with Crippen molar-refractivity contribution in [3.05, 3.63) is 47.7 Å². The van der Waals surface area contributed by atoms with Gasteiger partial charge in [0.25, 0.3) is 0 Å². The second-order valence-corrected chi connectivity index (χ2v) is 5.88. The van der Waals surface area contributed by atoms with Crippen LogP contribution < -0.4 is 5.73 Å². The lowest BCUT2D eigenvalue weighted by molar-refractivity contribution is 0.443. The minimum Gasteiger partial charge on any atom is -0.383 e. The van der Waals surface area contributed by atoms with Crippen LogP contribution in [0, 0.1) is 6.92 Å². The molecular weight excluding hydrogens is 244 g/mol. The van der Waals surface area contributed by atoms with E-state index >= 15 is 0 Å². The highest BCUT2D eigenvalue weighted by Gasteiger charge is 2.15. The molecule has 1 aliphatic rings. The lowest BCUT2D eigenvalue weighted by Crippen LogP contribution is -2.04. The standard InChI is InChI=1S/C18H22N2/c1-13-11-17(12-20-18(13)19)16-9-7-15(8-10-16)14-5-3-2-4-6-14/h7-12,14H,2-6H2,1H3,(H2,19,20). The summed E-state index contributed by atoms with van der Waals surface area (Å²) in [7, 11) is 0. The maximum Gasteiger partial charge on any atom is 0.126 e. The van der Waals surface area contributed by atoms with Crippen LogP contribution in [0.25, 0.3) is 11.1 Å². The van der Waals surface area contributed by atoms with Crippen LogP contribution in [-0.2, 0) is 0 Å². The van der Waals surface area contributed by atoms with Gasteiger partial charge in [0, 0.05) is 11.8 Å². The van der Waals surface area contributed by atoms with Crippen molar-refractivity contribution in [1.29, 1.82) is 0 Å². The zero-order valence-electron chi connectivity index (χ0n) is 12.1. The Bertz CT molecular complexity index is 581.